The molecule has 1 aromatic rings. The predicted molar refractivity (Wildman–Crippen MR) is 66.8 cm³/mol. The molecule has 84 valence electrons. The molecule has 1 unspecified atom stereocenters. The summed E-state index contributed by atoms with van der Waals surface area (Å²) in [4.78, 5) is 5.71. The quantitative estimate of drug-likeness (QED) is 0.886. The second kappa shape index (κ2) is 5.32. The molecule has 1 fully saturated rings. The van der Waals surface area contributed by atoms with Crippen LogP contribution in [0.5, 0.6) is 0 Å². The van der Waals surface area contributed by atoms with E-state index < -0.39 is 0 Å². The lowest BCUT2D eigenvalue weighted by Gasteiger charge is -2.18. The van der Waals surface area contributed by atoms with Gasteiger partial charge in [0.15, 0.2) is 0 Å². The van der Waals surface area contributed by atoms with Gasteiger partial charge in [0.25, 0.3) is 0 Å². The maximum Gasteiger partial charge on any atom is 0.0959 e. The van der Waals surface area contributed by atoms with E-state index in [2.05, 4.69) is 4.98 Å². The predicted octanol–water partition coefficient (Wildman–Crippen LogP) is 2.68. The molecule has 1 saturated heterocycles. The van der Waals surface area contributed by atoms with Crippen LogP contribution in [-0.2, 0) is 6.42 Å². The molecule has 4 heteroatoms. The van der Waals surface area contributed by atoms with Gasteiger partial charge >= 0.3 is 0 Å². The van der Waals surface area contributed by atoms with E-state index in [4.69, 9.17) is 0 Å². The van der Waals surface area contributed by atoms with E-state index in [1.54, 1.807) is 11.3 Å². The molecule has 2 nitrogen and oxygen atoms in total. The van der Waals surface area contributed by atoms with Crippen LogP contribution in [0.3, 0.4) is 0 Å². The molecule has 0 bridgehead atoms. The van der Waals surface area contributed by atoms with E-state index in [-0.39, 0.29) is 6.10 Å². The van der Waals surface area contributed by atoms with E-state index in [9.17, 15) is 5.11 Å². The van der Waals surface area contributed by atoms with Gasteiger partial charge in [-0.3, -0.25) is 0 Å². The van der Waals surface area contributed by atoms with E-state index in [0.29, 0.717) is 5.92 Å². The third-order valence-corrected chi connectivity index (χ3v) is 4.87. The molecule has 1 N–H and O–H groups in total. The molecule has 0 radical (unpaired) electrons. The van der Waals surface area contributed by atoms with Crippen molar-refractivity contribution in [3.63, 3.8) is 0 Å². The number of thiazole rings is 1. The highest BCUT2D eigenvalue weighted by molar-refractivity contribution is 7.99. The van der Waals surface area contributed by atoms with Gasteiger partial charge in [-0.25, -0.2) is 4.98 Å². The molecule has 1 aromatic heterocycles. The van der Waals surface area contributed by atoms with Gasteiger partial charge in [-0.05, 0) is 31.3 Å². The number of aromatic nitrogens is 1. The number of rotatable bonds is 3. The third kappa shape index (κ3) is 3.20. The van der Waals surface area contributed by atoms with Crippen LogP contribution in [0.2, 0.25) is 0 Å². The Bertz CT molecular complexity index is 305. The summed E-state index contributed by atoms with van der Waals surface area (Å²) in [5, 5.41) is 10.6. The SMILES string of the molecule is CC(O)Cc1cnc(C2CCSCC2)s1. The summed E-state index contributed by atoms with van der Waals surface area (Å²) < 4.78 is 0. The van der Waals surface area contributed by atoms with Crippen molar-refractivity contribution < 1.29 is 5.11 Å². The second-order valence-electron chi connectivity index (χ2n) is 4.10. The van der Waals surface area contributed by atoms with Gasteiger partial charge in [-0.1, -0.05) is 0 Å². The summed E-state index contributed by atoms with van der Waals surface area (Å²) in [6.45, 7) is 1.83. The zero-order chi connectivity index (χ0) is 10.7. The standard InChI is InChI=1S/C11H17NOS2/c1-8(13)6-10-7-12-11(15-10)9-2-4-14-5-3-9/h7-9,13H,2-6H2,1H3. The summed E-state index contributed by atoms with van der Waals surface area (Å²) in [7, 11) is 0. The Morgan fingerprint density at radius 2 is 2.27 bits per heavy atom. The van der Waals surface area contributed by atoms with E-state index >= 15 is 0 Å². The number of thioether (sulfide) groups is 1. The van der Waals surface area contributed by atoms with Crippen molar-refractivity contribution in [2.75, 3.05) is 11.5 Å². The topological polar surface area (TPSA) is 33.1 Å². The number of hydrogen-bond donors (Lipinski definition) is 1. The van der Waals surface area contributed by atoms with E-state index in [1.807, 2.05) is 24.9 Å². The first-order valence-electron chi connectivity index (χ1n) is 5.46. The van der Waals surface area contributed by atoms with Crippen LogP contribution >= 0.6 is 23.1 Å². The average molecular weight is 243 g/mol. The minimum atomic E-state index is -0.250. The molecule has 1 atom stereocenters. The molecule has 0 amide bonds. The van der Waals surface area contributed by atoms with Crippen LogP contribution in [-0.4, -0.2) is 27.7 Å². The Morgan fingerprint density at radius 3 is 2.93 bits per heavy atom. The Labute approximate surface area is 99.1 Å². The highest BCUT2D eigenvalue weighted by atomic mass is 32.2. The van der Waals surface area contributed by atoms with Crippen molar-refractivity contribution in [2.45, 2.75) is 38.2 Å². The smallest absolute Gasteiger partial charge is 0.0959 e. The van der Waals surface area contributed by atoms with Crippen molar-refractivity contribution in [1.82, 2.24) is 4.98 Å². The average Bonchev–Trinajstić information content (AvgIpc) is 2.67. The van der Waals surface area contributed by atoms with Gasteiger partial charge in [0.05, 0.1) is 11.1 Å². The van der Waals surface area contributed by atoms with Crippen molar-refractivity contribution in [2.24, 2.45) is 0 Å². The monoisotopic (exact) mass is 243 g/mol. The van der Waals surface area contributed by atoms with Gasteiger partial charge in [0.1, 0.15) is 0 Å². The summed E-state index contributed by atoms with van der Waals surface area (Å²) in [5.41, 5.74) is 0. The van der Waals surface area contributed by atoms with Crippen molar-refractivity contribution in [1.29, 1.82) is 0 Å². The Balaban J connectivity index is 1.99. The molecule has 1 aliphatic heterocycles. The van der Waals surface area contributed by atoms with Crippen LogP contribution in [0, 0.1) is 0 Å². The molecule has 0 aromatic carbocycles. The van der Waals surface area contributed by atoms with Gasteiger partial charge in [0, 0.05) is 23.4 Å². The minimum Gasteiger partial charge on any atom is -0.393 e. The maximum atomic E-state index is 9.30. The Kier molecular flexibility index (Phi) is 4.05. The fourth-order valence-corrected chi connectivity index (χ4v) is 4.15. The minimum absolute atomic E-state index is 0.250. The molecule has 1 aliphatic rings. The second-order valence-corrected chi connectivity index (χ2v) is 6.48. The van der Waals surface area contributed by atoms with E-state index in [1.165, 1.54) is 34.2 Å². The lowest BCUT2D eigenvalue weighted by molar-refractivity contribution is 0.196. The van der Waals surface area contributed by atoms with Crippen LogP contribution in [0.1, 0.15) is 35.6 Å². The first-order valence-corrected chi connectivity index (χ1v) is 7.43. The zero-order valence-electron chi connectivity index (χ0n) is 8.98. The fraction of sp³-hybridized carbons (Fsp3) is 0.727. The highest BCUT2D eigenvalue weighted by Gasteiger charge is 2.19. The first-order chi connectivity index (χ1) is 7.25. The summed E-state index contributed by atoms with van der Waals surface area (Å²) in [6.07, 6.45) is 4.98. The van der Waals surface area contributed by atoms with Gasteiger partial charge in [0.2, 0.25) is 0 Å². The van der Waals surface area contributed by atoms with E-state index in [0.717, 1.165) is 6.42 Å². The van der Waals surface area contributed by atoms with Gasteiger partial charge in [-0.2, -0.15) is 11.8 Å². The van der Waals surface area contributed by atoms with Crippen LogP contribution in [0.4, 0.5) is 0 Å². The summed E-state index contributed by atoms with van der Waals surface area (Å²) >= 11 is 3.83. The van der Waals surface area contributed by atoms with Crippen LogP contribution in [0.25, 0.3) is 0 Å². The first kappa shape index (κ1) is 11.4. The fourth-order valence-electron chi connectivity index (χ4n) is 1.84. The lowest BCUT2D eigenvalue weighted by Crippen LogP contribution is -2.07. The lowest BCUT2D eigenvalue weighted by atomic mass is 10.0. The maximum absolute atomic E-state index is 9.30. The molecule has 2 heterocycles. The molecule has 0 saturated carbocycles. The van der Waals surface area contributed by atoms with Gasteiger partial charge in [-0.15, -0.1) is 11.3 Å². The van der Waals surface area contributed by atoms with Gasteiger partial charge < -0.3 is 5.11 Å². The molecular weight excluding hydrogens is 226 g/mol. The Morgan fingerprint density at radius 1 is 1.53 bits per heavy atom. The third-order valence-electron chi connectivity index (χ3n) is 2.64. The normalized spacial score (nSPS) is 20.4. The number of nitrogens with zero attached hydrogens (tertiary/aromatic N) is 1. The summed E-state index contributed by atoms with van der Waals surface area (Å²) in [6, 6.07) is 0. The molecule has 0 aliphatic carbocycles. The summed E-state index contributed by atoms with van der Waals surface area (Å²) in [5.74, 6) is 3.23. The van der Waals surface area contributed by atoms with Crippen molar-refractivity contribution in [3.8, 4) is 0 Å². The number of hydrogen-bond acceptors (Lipinski definition) is 4. The van der Waals surface area contributed by atoms with Crippen molar-refractivity contribution >= 4 is 23.1 Å². The Hall–Kier alpha value is -0.0600. The molecular formula is C11H17NOS2. The molecule has 15 heavy (non-hydrogen) atoms. The molecule has 2 rings (SSSR count). The van der Waals surface area contributed by atoms with Crippen LogP contribution in [0.15, 0.2) is 6.20 Å². The highest BCUT2D eigenvalue weighted by Crippen LogP contribution is 2.33. The largest absolute Gasteiger partial charge is 0.393 e. The molecule has 0 spiro atoms. The zero-order valence-corrected chi connectivity index (χ0v) is 10.6. The van der Waals surface area contributed by atoms with Crippen LogP contribution < -0.4 is 0 Å². The number of aliphatic hydroxyl groups is 1. The van der Waals surface area contributed by atoms with Crippen molar-refractivity contribution in [3.05, 3.63) is 16.1 Å². The number of aliphatic hydroxyl groups excluding tert-OH is 1.